The number of benzene rings is 1. The molecule has 1 amide bonds. The van der Waals surface area contributed by atoms with Crippen LogP contribution in [0.4, 0.5) is 17.4 Å². The van der Waals surface area contributed by atoms with E-state index >= 15 is 0 Å². The number of anilines is 3. The minimum atomic E-state index is -0.348. The lowest BCUT2D eigenvalue weighted by molar-refractivity contribution is 0.102. The highest BCUT2D eigenvalue weighted by atomic mass is 16.4. The summed E-state index contributed by atoms with van der Waals surface area (Å²) in [5.41, 5.74) is 7.42. The molecular formula is C12H15N5O2. The fourth-order valence-electron chi connectivity index (χ4n) is 1.64. The van der Waals surface area contributed by atoms with Gasteiger partial charge >= 0.3 is 6.01 Å². The lowest BCUT2D eigenvalue weighted by Crippen LogP contribution is -2.19. The molecule has 0 aliphatic carbocycles. The van der Waals surface area contributed by atoms with Crippen LogP contribution in [0.1, 0.15) is 16.2 Å². The summed E-state index contributed by atoms with van der Waals surface area (Å²) in [5, 5.41) is 9.90. The first-order valence-corrected chi connectivity index (χ1v) is 5.65. The van der Waals surface area contributed by atoms with Crippen molar-refractivity contribution in [2.75, 3.05) is 30.0 Å². The molecule has 0 aliphatic heterocycles. The smallest absolute Gasteiger partial charge is 0.322 e. The molecule has 0 fully saturated rings. The molecule has 0 atom stereocenters. The molecule has 0 saturated heterocycles. The Morgan fingerprint density at radius 3 is 2.68 bits per heavy atom. The summed E-state index contributed by atoms with van der Waals surface area (Å²) in [4.78, 5) is 14.0. The van der Waals surface area contributed by atoms with Crippen LogP contribution in [0.3, 0.4) is 0 Å². The molecule has 0 saturated carbocycles. The monoisotopic (exact) mass is 261 g/mol. The van der Waals surface area contributed by atoms with Crippen molar-refractivity contribution in [1.82, 2.24) is 10.2 Å². The molecule has 7 heteroatoms. The highest BCUT2D eigenvalue weighted by Gasteiger charge is 2.15. The minimum Gasteiger partial charge on any atom is -0.408 e. The van der Waals surface area contributed by atoms with Crippen molar-refractivity contribution in [1.29, 1.82) is 0 Å². The van der Waals surface area contributed by atoms with E-state index in [9.17, 15) is 4.79 Å². The molecule has 1 aromatic carbocycles. The van der Waals surface area contributed by atoms with E-state index in [2.05, 4.69) is 15.5 Å². The number of nitrogens with one attached hydrogen (secondary N) is 1. The van der Waals surface area contributed by atoms with Gasteiger partial charge in [0.1, 0.15) is 0 Å². The van der Waals surface area contributed by atoms with Crippen LogP contribution in [0.5, 0.6) is 0 Å². The molecule has 100 valence electrons. The number of hydrogen-bond donors (Lipinski definition) is 2. The zero-order valence-corrected chi connectivity index (χ0v) is 11.0. The summed E-state index contributed by atoms with van der Waals surface area (Å²) in [7, 11) is 3.69. The van der Waals surface area contributed by atoms with Crippen molar-refractivity contribution < 1.29 is 9.21 Å². The molecule has 2 aromatic rings. The Balaban J connectivity index is 2.30. The molecule has 3 N–H and O–H groups in total. The van der Waals surface area contributed by atoms with Gasteiger partial charge in [0, 0.05) is 32.4 Å². The highest BCUT2D eigenvalue weighted by Crippen LogP contribution is 2.22. The molecule has 7 nitrogen and oxygen atoms in total. The zero-order valence-electron chi connectivity index (χ0n) is 11.0. The van der Waals surface area contributed by atoms with Gasteiger partial charge in [-0.1, -0.05) is 5.10 Å². The number of nitrogens with zero attached hydrogens (tertiary/aromatic N) is 3. The third kappa shape index (κ3) is 2.82. The predicted octanol–water partition coefficient (Wildman–Crippen LogP) is 1.28. The molecule has 0 aliphatic rings. The fourth-order valence-corrected chi connectivity index (χ4v) is 1.64. The van der Waals surface area contributed by atoms with Gasteiger partial charge in [0.05, 0.1) is 5.56 Å². The van der Waals surface area contributed by atoms with Gasteiger partial charge in [-0.25, -0.2) is 0 Å². The Morgan fingerprint density at radius 2 is 2.11 bits per heavy atom. The molecule has 2 rings (SSSR count). The number of amides is 1. The van der Waals surface area contributed by atoms with Crippen LogP contribution in [0.25, 0.3) is 0 Å². The lowest BCUT2D eigenvalue weighted by Gasteiger charge is -2.16. The van der Waals surface area contributed by atoms with Crippen LogP contribution in [-0.2, 0) is 0 Å². The molecular weight excluding hydrogens is 246 g/mol. The molecule has 19 heavy (non-hydrogen) atoms. The summed E-state index contributed by atoms with van der Waals surface area (Å²) in [6.45, 7) is 1.65. The second-order valence-corrected chi connectivity index (χ2v) is 4.25. The largest absolute Gasteiger partial charge is 0.408 e. The maximum absolute atomic E-state index is 12.2. The maximum Gasteiger partial charge on any atom is 0.322 e. The molecule has 0 bridgehead atoms. The minimum absolute atomic E-state index is 0.0645. The predicted molar refractivity (Wildman–Crippen MR) is 72.2 cm³/mol. The van der Waals surface area contributed by atoms with Gasteiger partial charge < -0.3 is 15.1 Å². The third-order valence-corrected chi connectivity index (χ3v) is 2.49. The molecule has 0 unspecified atom stereocenters. The Kier molecular flexibility index (Phi) is 3.37. The van der Waals surface area contributed by atoms with E-state index in [1.165, 1.54) is 0 Å². The van der Waals surface area contributed by atoms with E-state index in [1.54, 1.807) is 25.1 Å². The molecule has 0 spiro atoms. The first kappa shape index (κ1) is 12.9. The standard InChI is InChI=1S/C12H15N5O2/c1-7-15-16-12(19-7)14-11(18)9-6-8(13)4-5-10(9)17(2)3/h4-6H,13H2,1-3H3,(H,14,16,18). The number of carbonyl (C=O) groups excluding carboxylic acids is 1. The normalized spacial score (nSPS) is 10.3. The van der Waals surface area contributed by atoms with E-state index in [-0.39, 0.29) is 11.9 Å². The van der Waals surface area contributed by atoms with Crippen molar-refractivity contribution >= 4 is 23.3 Å². The van der Waals surface area contributed by atoms with Crippen LogP contribution < -0.4 is 16.0 Å². The fraction of sp³-hybridized carbons (Fsp3) is 0.250. The highest BCUT2D eigenvalue weighted by molar-refractivity contribution is 6.07. The number of carbonyl (C=O) groups is 1. The van der Waals surface area contributed by atoms with Crippen molar-refractivity contribution in [2.24, 2.45) is 0 Å². The Bertz CT molecular complexity index is 606. The third-order valence-electron chi connectivity index (χ3n) is 2.49. The van der Waals surface area contributed by atoms with Gasteiger partial charge in [-0.15, -0.1) is 5.10 Å². The number of nitrogens with two attached hydrogens (primary N) is 1. The van der Waals surface area contributed by atoms with E-state index in [0.29, 0.717) is 17.1 Å². The van der Waals surface area contributed by atoms with Crippen molar-refractivity contribution in [3.63, 3.8) is 0 Å². The Hall–Kier alpha value is -2.57. The molecule has 1 heterocycles. The summed E-state index contributed by atoms with van der Waals surface area (Å²) in [5.74, 6) is 0.0374. The second-order valence-electron chi connectivity index (χ2n) is 4.25. The van der Waals surface area contributed by atoms with Crippen molar-refractivity contribution in [3.8, 4) is 0 Å². The number of aryl methyl sites for hydroxylation is 1. The summed E-state index contributed by atoms with van der Waals surface area (Å²) >= 11 is 0. The van der Waals surface area contributed by atoms with Gasteiger partial charge in [-0.05, 0) is 18.2 Å². The summed E-state index contributed by atoms with van der Waals surface area (Å²) in [6, 6.07) is 5.19. The van der Waals surface area contributed by atoms with Crippen molar-refractivity contribution in [2.45, 2.75) is 6.92 Å². The number of aromatic nitrogens is 2. The lowest BCUT2D eigenvalue weighted by atomic mass is 10.1. The van der Waals surface area contributed by atoms with Crippen LogP contribution >= 0.6 is 0 Å². The SMILES string of the molecule is Cc1nnc(NC(=O)c2cc(N)ccc2N(C)C)o1. The quantitative estimate of drug-likeness (QED) is 0.808. The van der Waals surface area contributed by atoms with Gasteiger partial charge in [-0.2, -0.15) is 0 Å². The van der Waals surface area contributed by atoms with E-state index in [0.717, 1.165) is 5.69 Å². The zero-order chi connectivity index (χ0) is 14.0. The summed E-state index contributed by atoms with van der Waals surface area (Å²) in [6.07, 6.45) is 0. The Labute approximate surface area is 110 Å². The van der Waals surface area contributed by atoms with Crippen molar-refractivity contribution in [3.05, 3.63) is 29.7 Å². The second kappa shape index (κ2) is 4.97. The van der Waals surface area contributed by atoms with Gasteiger partial charge in [0.15, 0.2) is 0 Å². The summed E-state index contributed by atoms with van der Waals surface area (Å²) < 4.78 is 5.11. The van der Waals surface area contributed by atoms with Gasteiger partial charge in [-0.3, -0.25) is 10.1 Å². The van der Waals surface area contributed by atoms with Gasteiger partial charge in [0.25, 0.3) is 5.91 Å². The molecule has 0 radical (unpaired) electrons. The number of rotatable bonds is 3. The van der Waals surface area contributed by atoms with Crippen LogP contribution in [0, 0.1) is 6.92 Å². The Morgan fingerprint density at radius 1 is 1.37 bits per heavy atom. The van der Waals surface area contributed by atoms with Crippen LogP contribution in [-0.4, -0.2) is 30.2 Å². The van der Waals surface area contributed by atoms with Gasteiger partial charge in [0.2, 0.25) is 5.89 Å². The molecule has 1 aromatic heterocycles. The first-order valence-electron chi connectivity index (χ1n) is 5.65. The van der Waals surface area contributed by atoms with Crippen LogP contribution in [0.15, 0.2) is 22.6 Å². The average Bonchev–Trinajstić information content (AvgIpc) is 2.74. The number of nitrogen functional groups attached to an aromatic ring is 1. The van der Waals surface area contributed by atoms with E-state index < -0.39 is 0 Å². The average molecular weight is 261 g/mol. The number of hydrogen-bond acceptors (Lipinski definition) is 6. The topological polar surface area (TPSA) is 97.3 Å². The van der Waals surface area contributed by atoms with E-state index in [1.807, 2.05) is 19.0 Å². The first-order chi connectivity index (χ1) is 8.97. The van der Waals surface area contributed by atoms with Crippen LogP contribution in [0.2, 0.25) is 0 Å². The maximum atomic E-state index is 12.2. The van der Waals surface area contributed by atoms with E-state index in [4.69, 9.17) is 10.2 Å².